The maximum absolute atomic E-state index is 12.1. The Morgan fingerprint density at radius 3 is 2.76 bits per heavy atom. The largest absolute Gasteiger partial charge is 0.314 e. The molecule has 1 saturated carbocycles. The maximum atomic E-state index is 12.1. The lowest BCUT2D eigenvalue weighted by Crippen LogP contribution is -2.42. The van der Waals surface area contributed by atoms with Gasteiger partial charge in [-0.05, 0) is 36.1 Å². The van der Waals surface area contributed by atoms with Gasteiger partial charge in [-0.2, -0.15) is 0 Å². The van der Waals surface area contributed by atoms with Crippen LogP contribution >= 0.6 is 0 Å². The van der Waals surface area contributed by atoms with Crippen LogP contribution in [-0.4, -0.2) is 51.8 Å². The van der Waals surface area contributed by atoms with E-state index in [0.717, 1.165) is 67.6 Å². The second-order valence-electron chi connectivity index (χ2n) is 8.09. The molecule has 3 aromatic rings. The molecule has 1 N–H and O–H groups in total. The molecule has 0 bridgehead atoms. The first-order chi connectivity index (χ1) is 14.2. The Hall–Kier alpha value is -2.70. The van der Waals surface area contributed by atoms with Crippen LogP contribution in [0.2, 0.25) is 0 Å². The molecule has 5 rings (SSSR count). The molecule has 1 aromatic carbocycles. The molecular weight excluding hydrogens is 362 g/mol. The molecule has 3 heterocycles. The van der Waals surface area contributed by atoms with Crippen molar-refractivity contribution in [1.82, 2.24) is 25.2 Å². The summed E-state index contributed by atoms with van der Waals surface area (Å²) in [6, 6.07) is 8.43. The molecule has 1 saturated heterocycles. The molecule has 0 spiro atoms. The quantitative estimate of drug-likeness (QED) is 0.701. The third kappa shape index (κ3) is 4.33. The van der Waals surface area contributed by atoms with Crippen molar-refractivity contribution in [3.63, 3.8) is 0 Å². The van der Waals surface area contributed by atoms with Gasteiger partial charge in [0.25, 0.3) is 0 Å². The average molecular weight is 387 g/mol. The van der Waals surface area contributed by atoms with Gasteiger partial charge in [-0.3, -0.25) is 14.7 Å². The van der Waals surface area contributed by atoms with Gasteiger partial charge in [0.2, 0.25) is 0 Å². The summed E-state index contributed by atoms with van der Waals surface area (Å²) in [6.07, 6.45) is 8.06. The fourth-order valence-electron chi connectivity index (χ4n) is 3.89. The molecule has 148 valence electrons. The van der Waals surface area contributed by atoms with Crippen LogP contribution in [0, 0.1) is 5.92 Å². The zero-order valence-electron chi connectivity index (χ0n) is 16.5. The van der Waals surface area contributed by atoms with Crippen molar-refractivity contribution in [1.29, 1.82) is 0 Å². The molecule has 0 atom stereocenters. The zero-order valence-corrected chi connectivity index (χ0v) is 16.5. The lowest BCUT2D eigenvalue weighted by molar-refractivity contribution is -0.119. The van der Waals surface area contributed by atoms with E-state index in [4.69, 9.17) is 0 Å². The van der Waals surface area contributed by atoms with Crippen LogP contribution < -0.4 is 5.32 Å². The molecule has 6 heteroatoms. The molecule has 0 amide bonds. The number of nitrogens with zero attached hydrogens (tertiary/aromatic N) is 4. The van der Waals surface area contributed by atoms with Crippen molar-refractivity contribution < 1.29 is 4.79 Å². The highest BCUT2D eigenvalue weighted by Crippen LogP contribution is 2.31. The highest BCUT2D eigenvalue weighted by atomic mass is 16.1. The maximum Gasteiger partial charge on any atom is 0.143 e. The molecule has 29 heavy (non-hydrogen) atoms. The first-order valence-corrected chi connectivity index (χ1v) is 10.4. The second kappa shape index (κ2) is 7.97. The number of nitrogens with one attached hydrogen (secondary N) is 1. The molecule has 0 unspecified atom stereocenters. The number of hydrogen-bond acceptors (Lipinski definition) is 6. The molecule has 1 aliphatic carbocycles. The number of aromatic nitrogens is 3. The van der Waals surface area contributed by atoms with Crippen LogP contribution in [0.1, 0.15) is 24.2 Å². The monoisotopic (exact) mass is 387 g/mol. The van der Waals surface area contributed by atoms with Gasteiger partial charge in [0, 0.05) is 68.2 Å². The van der Waals surface area contributed by atoms with Gasteiger partial charge in [0.15, 0.2) is 0 Å². The van der Waals surface area contributed by atoms with Gasteiger partial charge in [-0.25, -0.2) is 9.97 Å². The normalized spacial score (nSPS) is 17.5. The van der Waals surface area contributed by atoms with Gasteiger partial charge in [0.1, 0.15) is 11.6 Å². The molecule has 2 fully saturated rings. The summed E-state index contributed by atoms with van der Waals surface area (Å²) in [7, 11) is 0. The predicted octanol–water partition coefficient (Wildman–Crippen LogP) is 2.62. The van der Waals surface area contributed by atoms with Crippen LogP contribution in [0.3, 0.4) is 0 Å². The lowest BCUT2D eigenvalue weighted by Gasteiger charge is -2.27. The first kappa shape index (κ1) is 18.3. The van der Waals surface area contributed by atoms with Gasteiger partial charge in [0.05, 0.1) is 11.9 Å². The number of ketones is 1. The highest BCUT2D eigenvalue weighted by Gasteiger charge is 2.29. The van der Waals surface area contributed by atoms with Crippen molar-refractivity contribution >= 4 is 16.7 Å². The molecule has 0 radical (unpaired) electrons. The van der Waals surface area contributed by atoms with Crippen molar-refractivity contribution in [3.05, 3.63) is 54.2 Å². The Bertz CT molecular complexity index is 1040. The van der Waals surface area contributed by atoms with Gasteiger partial charge < -0.3 is 5.32 Å². The number of piperazine rings is 1. The fourth-order valence-corrected chi connectivity index (χ4v) is 3.89. The Labute approximate surface area is 170 Å². The van der Waals surface area contributed by atoms with E-state index < -0.39 is 0 Å². The van der Waals surface area contributed by atoms with E-state index in [2.05, 4.69) is 43.4 Å². The average Bonchev–Trinajstić information content (AvgIpc) is 3.60. The zero-order chi connectivity index (χ0) is 19.6. The van der Waals surface area contributed by atoms with Crippen LogP contribution in [0.5, 0.6) is 0 Å². The van der Waals surface area contributed by atoms with E-state index in [1.165, 1.54) is 5.56 Å². The lowest BCUT2D eigenvalue weighted by atomic mass is 10.0. The third-order valence-corrected chi connectivity index (χ3v) is 5.74. The SMILES string of the molecule is O=C(Cc1ncc2ccc(-c3cncc(CN4CCNCC4)c3)cc2n1)C1CC1. The Morgan fingerprint density at radius 1 is 1.07 bits per heavy atom. The summed E-state index contributed by atoms with van der Waals surface area (Å²) in [6.45, 7) is 5.15. The van der Waals surface area contributed by atoms with Gasteiger partial charge in [-0.15, -0.1) is 0 Å². The number of benzene rings is 1. The minimum Gasteiger partial charge on any atom is -0.314 e. The Balaban J connectivity index is 1.38. The minimum atomic E-state index is 0.241. The number of carbonyl (C=O) groups excluding carboxylic acids is 1. The summed E-state index contributed by atoms with van der Waals surface area (Å²) in [5.41, 5.74) is 4.28. The third-order valence-electron chi connectivity index (χ3n) is 5.74. The van der Waals surface area contributed by atoms with E-state index in [-0.39, 0.29) is 11.7 Å². The predicted molar refractivity (Wildman–Crippen MR) is 112 cm³/mol. The molecular formula is C23H25N5O. The second-order valence-corrected chi connectivity index (χ2v) is 8.09. The van der Waals surface area contributed by atoms with Gasteiger partial charge in [-0.1, -0.05) is 12.1 Å². The summed E-state index contributed by atoms with van der Waals surface area (Å²) in [5, 5.41) is 4.38. The first-order valence-electron chi connectivity index (χ1n) is 10.4. The summed E-state index contributed by atoms with van der Waals surface area (Å²) < 4.78 is 0. The smallest absolute Gasteiger partial charge is 0.143 e. The Kier molecular flexibility index (Phi) is 5.04. The number of pyridine rings is 1. The van der Waals surface area contributed by atoms with E-state index in [9.17, 15) is 4.79 Å². The standard InChI is InChI=1S/C23H25N5O/c29-22(17-1-2-17)11-23-26-14-19-4-3-18(10-21(19)27-23)20-9-16(12-25-13-20)15-28-7-5-24-6-8-28/h3-4,9-10,12-14,17,24H,1-2,5-8,11,15H2. The van der Waals surface area contributed by atoms with Crippen LogP contribution in [0.4, 0.5) is 0 Å². The van der Waals surface area contributed by atoms with Crippen LogP contribution in [0.15, 0.2) is 42.9 Å². The van der Waals surface area contributed by atoms with Crippen LogP contribution in [0.25, 0.3) is 22.0 Å². The van der Waals surface area contributed by atoms with Crippen molar-refractivity contribution in [2.24, 2.45) is 5.92 Å². The van der Waals surface area contributed by atoms with E-state index in [1.54, 1.807) is 0 Å². The van der Waals surface area contributed by atoms with Crippen molar-refractivity contribution in [3.8, 4) is 11.1 Å². The molecule has 2 aromatic heterocycles. The van der Waals surface area contributed by atoms with Crippen molar-refractivity contribution in [2.45, 2.75) is 25.8 Å². The van der Waals surface area contributed by atoms with E-state index >= 15 is 0 Å². The molecule has 2 aliphatic rings. The minimum absolute atomic E-state index is 0.241. The number of Topliss-reactive ketones (excluding diaryl/α,β-unsaturated/α-hetero) is 1. The van der Waals surface area contributed by atoms with Crippen molar-refractivity contribution in [2.75, 3.05) is 26.2 Å². The Morgan fingerprint density at radius 2 is 1.93 bits per heavy atom. The summed E-state index contributed by atoms with van der Waals surface area (Å²) in [4.78, 5) is 28.1. The highest BCUT2D eigenvalue weighted by molar-refractivity contribution is 5.86. The van der Waals surface area contributed by atoms with Crippen LogP contribution in [-0.2, 0) is 17.8 Å². The number of fused-ring (bicyclic) bond motifs is 1. The fraction of sp³-hybridized carbons (Fsp3) is 0.391. The van der Waals surface area contributed by atoms with E-state index in [1.807, 2.05) is 24.7 Å². The van der Waals surface area contributed by atoms with Gasteiger partial charge >= 0.3 is 0 Å². The number of hydrogen-bond donors (Lipinski definition) is 1. The summed E-state index contributed by atoms with van der Waals surface area (Å²) >= 11 is 0. The molecule has 6 nitrogen and oxygen atoms in total. The van der Waals surface area contributed by atoms with E-state index in [0.29, 0.717) is 12.2 Å². The molecule has 1 aliphatic heterocycles. The summed E-state index contributed by atoms with van der Waals surface area (Å²) in [5.74, 6) is 1.13. The topological polar surface area (TPSA) is 71.0 Å². The number of carbonyl (C=O) groups is 1. The number of rotatable bonds is 6.